The number of nitrogens with two attached hydrogens (primary N) is 3. The molecule has 0 saturated carbocycles. The van der Waals surface area contributed by atoms with Crippen LogP contribution in [0.2, 0.25) is 0 Å². The molecule has 6 N–H and O–H groups in total. The fraction of sp³-hybridized carbons (Fsp3) is 0.727. The zero-order valence-electron chi connectivity index (χ0n) is 19.8. The highest BCUT2D eigenvalue weighted by molar-refractivity contribution is 5.76. The van der Waals surface area contributed by atoms with Gasteiger partial charge in [-0.25, -0.2) is 4.79 Å². The van der Waals surface area contributed by atoms with Crippen molar-refractivity contribution >= 4 is 17.8 Å². The first kappa shape index (κ1) is 26.7. The van der Waals surface area contributed by atoms with Crippen molar-refractivity contribution in [1.29, 1.82) is 0 Å². The number of carbonyl (C=O) groups is 2. The number of carbonyl (C=O) groups excluding carboxylic acids is 2. The van der Waals surface area contributed by atoms with Gasteiger partial charge in [-0.15, -0.1) is 0 Å². The summed E-state index contributed by atoms with van der Waals surface area (Å²) in [6, 6.07) is 0.00599. The molecule has 2 heterocycles. The third-order valence-corrected chi connectivity index (χ3v) is 6.41. The number of aromatic nitrogens is 2. The molecule has 7 atom stereocenters. The van der Waals surface area contributed by atoms with Gasteiger partial charge in [0.25, 0.3) is 0 Å². The Hall–Kier alpha value is -2.50. The molecule has 0 spiro atoms. The summed E-state index contributed by atoms with van der Waals surface area (Å²) in [5.74, 6) is -1.33. The van der Waals surface area contributed by atoms with Crippen LogP contribution in [-0.2, 0) is 23.8 Å². The van der Waals surface area contributed by atoms with E-state index in [0.29, 0.717) is 6.42 Å². The maximum absolute atomic E-state index is 12.3. The average molecular weight is 468 g/mol. The van der Waals surface area contributed by atoms with Crippen molar-refractivity contribution in [2.75, 3.05) is 18.9 Å². The van der Waals surface area contributed by atoms with E-state index in [2.05, 4.69) is 4.98 Å². The minimum Gasteiger partial charge on any atom is -0.464 e. The smallest absolute Gasteiger partial charge is 0.351 e. The SMILES string of the molecule is CC[C@H](C)[C@H](N)C(=O)OC[C@H]1C[C@H](n2ccc(N)nc2=O)O[C@@H]1COC(=O)[C@@H](N)[C@@H](C)CC. The van der Waals surface area contributed by atoms with Crippen LogP contribution in [0.3, 0.4) is 0 Å². The molecule has 1 aromatic heterocycles. The van der Waals surface area contributed by atoms with Crippen LogP contribution in [0.5, 0.6) is 0 Å². The lowest BCUT2D eigenvalue weighted by Crippen LogP contribution is -2.41. The molecule has 1 aliphatic rings. The summed E-state index contributed by atoms with van der Waals surface area (Å²) >= 11 is 0. The molecule has 0 radical (unpaired) electrons. The number of rotatable bonds is 11. The quantitative estimate of drug-likeness (QED) is 0.390. The molecule has 1 saturated heterocycles. The fourth-order valence-corrected chi connectivity index (χ4v) is 3.47. The Morgan fingerprint density at radius 3 is 2.18 bits per heavy atom. The standard InChI is InChI=1S/C22H37N5O6/c1-5-12(3)18(24)20(28)31-10-14-9-17(27-8-7-16(23)26-22(27)30)33-15(14)11-32-21(29)19(25)13(4)6-2/h7-8,12-15,17-19H,5-6,9-11,24-25H2,1-4H3,(H2,23,26,30)/t12-,13-,14+,15+,17+,18-,19-/m0/s1. The second kappa shape index (κ2) is 12.1. The highest BCUT2D eigenvalue weighted by atomic mass is 16.6. The van der Waals surface area contributed by atoms with Crippen molar-refractivity contribution in [3.8, 4) is 0 Å². The fourth-order valence-electron chi connectivity index (χ4n) is 3.47. The molecular formula is C22H37N5O6. The van der Waals surface area contributed by atoms with Crippen molar-refractivity contribution in [3.05, 3.63) is 22.7 Å². The van der Waals surface area contributed by atoms with Crippen LogP contribution in [0.4, 0.5) is 5.82 Å². The van der Waals surface area contributed by atoms with Crippen molar-refractivity contribution < 1.29 is 23.8 Å². The van der Waals surface area contributed by atoms with Gasteiger partial charge in [0.2, 0.25) is 0 Å². The molecular weight excluding hydrogens is 430 g/mol. The zero-order valence-corrected chi connectivity index (χ0v) is 19.8. The molecule has 33 heavy (non-hydrogen) atoms. The number of hydrogen-bond acceptors (Lipinski definition) is 10. The van der Waals surface area contributed by atoms with Crippen LogP contribution in [0, 0.1) is 17.8 Å². The maximum atomic E-state index is 12.3. The lowest BCUT2D eigenvalue weighted by Gasteiger charge is -2.22. The topological polar surface area (TPSA) is 175 Å². The van der Waals surface area contributed by atoms with Gasteiger partial charge >= 0.3 is 17.6 Å². The predicted octanol–water partition coefficient (Wildman–Crippen LogP) is 0.562. The molecule has 1 fully saturated rings. The first-order chi connectivity index (χ1) is 15.6. The van der Waals surface area contributed by atoms with Gasteiger partial charge in [-0.2, -0.15) is 4.98 Å². The second-order valence-corrected chi connectivity index (χ2v) is 8.75. The molecule has 0 aliphatic carbocycles. The number of anilines is 1. The average Bonchev–Trinajstić information content (AvgIpc) is 3.21. The third kappa shape index (κ3) is 6.99. The van der Waals surface area contributed by atoms with Crippen LogP contribution in [0.25, 0.3) is 0 Å². The minimum absolute atomic E-state index is 0.0102. The van der Waals surface area contributed by atoms with Crippen LogP contribution in [0.15, 0.2) is 17.1 Å². The lowest BCUT2D eigenvalue weighted by atomic mass is 9.99. The Balaban J connectivity index is 2.10. The number of hydrogen-bond donors (Lipinski definition) is 3. The van der Waals surface area contributed by atoms with E-state index < -0.39 is 42.0 Å². The molecule has 186 valence electrons. The van der Waals surface area contributed by atoms with E-state index >= 15 is 0 Å². The van der Waals surface area contributed by atoms with Crippen molar-refractivity contribution in [2.45, 2.75) is 71.4 Å². The Morgan fingerprint density at radius 1 is 1.12 bits per heavy atom. The summed E-state index contributed by atoms with van der Waals surface area (Å²) in [7, 11) is 0. The Labute approximate surface area is 193 Å². The van der Waals surface area contributed by atoms with Crippen LogP contribution >= 0.6 is 0 Å². The first-order valence-corrected chi connectivity index (χ1v) is 11.4. The van der Waals surface area contributed by atoms with Crippen molar-refractivity contribution in [3.63, 3.8) is 0 Å². The maximum Gasteiger partial charge on any atom is 0.351 e. The number of nitrogens with zero attached hydrogens (tertiary/aromatic N) is 2. The van der Waals surface area contributed by atoms with Gasteiger partial charge in [0.05, 0.1) is 6.61 Å². The Morgan fingerprint density at radius 2 is 1.67 bits per heavy atom. The van der Waals surface area contributed by atoms with Gasteiger partial charge in [0, 0.05) is 18.5 Å². The van der Waals surface area contributed by atoms with E-state index in [1.54, 1.807) is 0 Å². The van der Waals surface area contributed by atoms with E-state index in [0.717, 1.165) is 12.8 Å². The van der Waals surface area contributed by atoms with Gasteiger partial charge in [-0.3, -0.25) is 14.2 Å². The van der Waals surface area contributed by atoms with Gasteiger partial charge in [0.15, 0.2) is 0 Å². The van der Waals surface area contributed by atoms with Crippen molar-refractivity contribution in [1.82, 2.24) is 9.55 Å². The minimum atomic E-state index is -0.749. The van der Waals surface area contributed by atoms with E-state index in [1.165, 1.54) is 16.8 Å². The molecule has 11 nitrogen and oxygen atoms in total. The zero-order chi connectivity index (χ0) is 24.7. The van der Waals surface area contributed by atoms with Gasteiger partial charge in [0.1, 0.15) is 36.8 Å². The van der Waals surface area contributed by atoms with Gasteiger partial charge in [-0.05, 0) is 17.9 Å². The highest BCUT2D eigenvalue weighted by Crippen LogP contribution is 2.33. The molecule has 0 amide bonds. The summed E-state index contributed by atoms with van der Waals surface area (Å²) in [6.45, 7) is 7.56. The number of nitrogen functional groups attached to an aromatic ring is 1. The lowest BCUT2D eigenvalue weighted by molar-refractivity contribution is -0.155. The summed E-state index contributed by atoms with van der Waals surface area (Å²) in [5.41, 5.74) is 16.9. The third-order valence-electron chi connectivity index (χ3n) is 6.41. The van der Waals surface area contributed by atoms with Gasteiger partial charge in [-0.1, -0.05) is 40.5 Å². The number of ether oxygens (including phenoxy) is 3. The van der Waals surface area contributed by atoms with Crippen LogP contribution in [0.1, 0.15) is 53.2 Å². The monoisotopic (exact) mass is 467 g/mol. The van der Waals surface area contributed by atoms with Crippen LogP contribution in [-0.4, -0.2) is 52.9 Å². The summed E-state index contributed by atoms with van der Waals surface area (Å²) in [4.78, 5) is 40.7. The summed E-state index contributed by atoms with van der Waals surface area (Å²) < 4.78 is 18.2. The van der Waals surface area contributed by atoms with E-state index in [-0.39, 0.29) is 36.8 Å². The summed E-state index contributed by atoms with van der Waals surface area (Å²) in [5, 5.41) is 0. The van der Waals surface area contributed by atoms with E-state index in [9.17, 15) is 14.4 Å². The normalized spacial score (nSPS) is 24.0. The molecule has 1 aromatic rings. The summed E-state index contributed by atoms with van der Waals surface area (Å²) in [6.07, 6.45) is 2.03. The second-order valence-electron chi connectivity index (χ2n) is 8.75. The largest absolute Gasteiger partial charge is 0.464 e. The molecule has 1 aliphatic heterocycles. The molecule has 0 unspecified atom stereocenters. The van der Waals surface area contributed by atoms with Gasteiger partial charge < -0.3 is 31.4 Å². The number of esters is 2. The van der Waals surface area contributed by atoms with Crippen LogP contribution < -0.4 is 22.9 Å². The van der Waals surface area contributed by atoms with E-state index in [4.69, 9.17) is 31.4 Å². The van der Waals surface area contributed by atoms with Crippen molar-refractivity contribution in [2.24, 2.45) is 29.2 Å². The molecule has 2 rings (SSSR count). The first-order valence-electron chi connectivity index (χ1n) is 11.4. The Bertz CT molecular complexity index is 822. The molecule has 0 aromatic carbocycles. The van der Waals surface area contributed by atoms with E-state index in [1.807, 2.05) is 27.7 Å². The molecule has 0 bridgehead atoms. The molecule has 11 heteroatoms. The highest BCUT2D eigenvalue weighted by Gasteiger charge is 2.39. The predicted molar refractivity (Wildman–Crippen MR) is 122 cm³/mol. The Kier molecular flexibility index (Phi) is 9.81.